The molecule has 0 aromatic heterocycles. The summed E-state index contributed by atoms with van der Waals surface area (Å²) < 4.78 is 13.9. The highest BCUT2D eigenvalue weighted by atomic mass is 19.1. The summed E-state index contributed by atoms with van der Waals surface area (Å²) >= 11 is 0. The zero-order valence-corrected chi connectivity index (χ0v) is 10.9. The monoisotopic (exact) mass is 267 g/mol. The summed E-state index contributed by atoms with van der Waals surface area (Å²) in [6.45, 7) is 3.12. The summed E-state index contributed by atoms with van der Waals surface area (Å²) in [6.07, 6.45) is 1.86. The zero-order chi connectivity index (χ0) is 14.0. The van der Waals surface area contributed by atoms with Crippen molar-refractivity contribution >= 4 is 11.4 Å². The Bertz CT molecular complexity index is 479. The van der Waals surface area contributed by atoms with E-state index in [2.05, 4.69) is 0 Å². The molecule has 0 saturated carbocycles. The summed E-state index contributed by atoms with van der Waals surface area (Å²) in [5.74, 6) is -0.299. The molecule has 0 amide bonds. The molecule has 2 N–H and O–H groups in total. The number of benzene rings is 1. The molecule has 1 aromatic carbocycles. The number of nitro groups is 1. The van der Waals surface area contributed by atoms with Crippen molar-refractivity contribution in [1.82, 2.24) is 0 Å². The molecule has 0 bridgehead atoms. The molecule has 104 valence electrons. The molecule has 2 unspecified atom stereocenters. The van der Waals surface area contributed by atoms with E-state index in [0.717, 1.165) is 12.8 Å². The lowest BCUT2D eigenvalue weighted by Crippen LogP contribution is -2.42. The first-order valence-corrected chi connectivity index (χ1v) is 6.44. The number of hydrogen-bond acceptors (Lipinski definition) is 4. The first kappa shape index (κ1) is 13.7. The van der Waals surface area contributed by atoms with E-state index in [1.807, 2.05) is 6.92 Å². The molecule has 1 aliphatic heterocycles. The average Bonchev–Trinajstić information content (AvgIpc) is 2.38. The number of nitrogens with zero attached hydrogens (tertiary/aromatic N) is 2. The van der Waals surface area contributed by atoms with E-state index in [9.17, 15) is 14.5 Å². The van der Waals surface area contributed by atoms with E-state index < -0.39 is 10.7 Å². The van der Waals surface area contributed by atoms with Gasteiger partial charge >= 0.3 is 0 Å². The number of anilines is 1. The van der Waals surface area contributed by atoms with Crippen molar-refractivity contribution in [3.8, 4) is 0 Å². The third-order valence-electron chi connectivity index (χ3n) is 3.68. The van der Waals surface area contributed by atoms with Crippen LogP contribution in [0.3, 0.4) is 0 Å². The maximum absolute atomic E-state index is 13.9. The highest BCUT2D eigenvalue weighted by molar-refractivity contribution is 5.64. The maximum Gasteiger partial charge on any atom is 0.295 e. The van der Waals surface area contributed by atoms with Crippen LogP contribution in [0.2, 0.25) is 0 Å². The molecule has 0 spiro atoms. The highest BCUT2D eigenvalue weighted by Gasteiger charge is 2.29. The van der Waals surface area contributed by atoms with Gasteiger partial charge < -0.3 is 10.6 Å². The minimum absolute atomic E-state index is 0.00799. The van der Waals surface area contributed by atoms with E-state index >= 15 is 0 Å². The smallest absolute Gasteiger partial charge is 0.295 e. The molecule has 2 rings (SSSR count). The predicted molar refractivity (Wildman–Crippen MR) is 71.6 cm³/mol. The van der Waals surface area contributed by atoms with Gasteiger partial charge in [0.15, 0.2) is 11.5 Å². The number of para-hydroxylation sites is 1. The van der Waals surface area contributed by atoms with Crippen LogP contribution >= 0.6 is 0 Å². The molecule has 2 atom stereocenters. The molecule has 1 fully saturated rings. The van der Waals surface area contributed by atoms with Gasteiger partial charge in [-0.05, 0) is 31.7 Å². The van der Waals surface area contributed by atoms with Crippen LogP contribution in [0.15, 0.2) is 18.2 Å². The Hall–Kier alpha value is -1.69. The van der Waals surface area contributed by atoms with Crippen molar-refractivity contribution in [2.45, 2.75) is 25.8 Å². The minimum atomic E-state index is -0.542. The van der Waals surface area contributed by atoms with Crippen LogP contribution in [-0.2, 0) is 0 Å². The van der Waals surface area contributed by atoms with Crippen LogP contribution in [0.1, 0.15) is 19.8 Å². The molecule has 5 nitrogen and oxygen atoms in total. The molecule has 19 heavy (non-hydrogen) atoms. The number of halogens is 1. The van der Waals surface area contributed by atoms with Gasteiger partial charge in [-0.1, -0.05) is 6.07 Å². The van der Waals surface area contributed by atoms with Crippen LogP contribution in [0.25, 0.3) is 0 Å². The van der Waals surface area contributed by atoms with E-state index in [1.165, 1.54) is 18.2 Å². The number of nitrogens with two attached hydrogens (primary N) is 1. The molecule has 0 radical (unpaired) electrons. The fourth-order valence-corrected chi connectivity index (χ4v) is 2.61. The van der Waals surface area contributed by atoms with E-state index in [1.54, 1.807) is 4.90 Å². The number of rotatable bonds is 3. The summed E-state index contributed by atoms with van der Waals surface area (Å²) in [5, 5.41) is 11.0. The SMILES string of the molecule is CC(N)C1CCCN(c2c(F)cccc2[N+](=O)[O-])C1. The van der Waals surface area contributed by atoms with Crippen LogP contribution < -0.4 is 10.6 Å². The summed E-state index contributed by atoms with van der Waals surface area (Å²) in [7, 11) is 0. The number of piperidine rings is 1. The summed E-state index contributed by atoms with van der Waals surface area (Å²) in [6, 6.07) is 3.98. The topological polar surface area (TPSA) is 72.4 Å². The van der Waals surface area contributed by atoms with Crippen molar-refractivity contribution in [3.63, 3.8) is 0 Å². The number of hydrogen-bond donors (Lipinski definition) is 1. The van der Waals surface area contributed by atoms with E-state index in [-0.39, 0.29) is 23.3 Å². The predicted octanol–water partition coefficient (Wildman–Crippen LogP) is 2.30. The Morgan fingerprint density at radius 1 is 1.58 bits per heavy atom. The van der Waals surface area contributed by atoms with Crippen LogP contribution in [0.4, 0.5) is 15.8 Å². The largest absolute Gasteiger partial charge is 0.363 e. The van der Waals surface area contributed by atoms with Gasteiger partial charge in [-0.2, -0.15) is 0 Å². The Labute approximate surface area is 111 Å². The molecular formula is C13H18FN3O2. The van der Waals surface area contributed by atoms with Crippen molar-refractivity contribution in [3.05, 3.63) is 34.1 Å². The first-order valence-electron chi connectivity index (χ1n) is 6.44. The Balaban J connectivity index is 2.33. The van der Waals surface area contributed by atoms with E-state index in [4.69, 9.17) is 5.73 Å². The van der Waals surface area contributed by atoms with Crippen LogP contribution in [-0.4, -0.2) is 24.1 Å². The van der Waals surface area contributed by atoms with Gasteiger partial charge in [0.1, 0.15) is 0 Å². The standard InChI is InChI=1S/C13H18FN3O2/c1-9(15)10-4-3-7-16(8-10)13-11(14)5-2-6-12(13)17(18)19/h2,5-6,9-10H,3-4,7-8,15H2,1H3. The molecule has 6 heteroatoms. The Morgan fingerprint density at radius 2 is 2.32 bits per heavy atom. The van der Waals surface area contributed by atoms with Crippen molar-refractivity contribution in [1.29, 1.82) is 0 Å². The van der Waals surface area contributed by atoms with Crippen molar-refractivity contribution in [2.75, 3.05) is 18.0 Å². The highest BCUT2D eigenvalue weighted by Crippen LogP contribution is 2.34. The Morgan fingerprint density at radius 3 is 2.95 bits per heavy atom. The second kappa shape index (κ2) is 5.52. The van der Waals surface area contributed by atoms with Gasteiger partial charge in [0.05, 0.1) is 4.92 Å². The fourth-order valence-electron chi connectivity index (χ4n) is 2.61. The third kappa shape index (κ3) is 2.84. The summed E-state index contributed by atoms with van der Waals surface area (Å²) in [5.41, 5.74) is 5.81. The van der Waals surface area contributed by atoms with Gasteiger partial charge in [0, 0.05) is 25.2 Å². The summed E-state index contributed by atoms with van der Waals surface area (Å²) in [4.78, 5) is 12.2. The van der Waals surface area contributed by atoms with Crippen LogP contribution in [0, 0.1) is 21.8 Å². The first-order chi connectivity index (χ1) is 9.00. The van der Waals surface area contributed by atoms with Gasteiger partial charge in [0.25, 0.3) is 5.69 Å². The Kier molecular flexibility index (Phi) is 3.99. The molecule has 1 saturated heterocycles. The normalized spacial score (nSPS) is 21.2. The maximum atomic E-state index is 13.9. The molecular weight excluding hydrogens is 249 g/mol. The quantitative estimate of drug-likeness (QED) is 0.673. The number of nitro benzene ring substituents is 1. The minimum Gasteiger partial charge on any atom is -0.363 e. The third-order valence-corrected chi connectivity index (χ3v) is 3.68. The van der Waals surface area contributed by atoms with Gasteiger partial charge in [-0.25, -0.2) is 4.39 Å². The fraction of sp³-hybridized carbons (Fsp3) is 0.538. The van der Waals surface area contributed by atoms with Crippen molar-refractivity contribution in [2.24, 2.45) is 11.7 Å². The molecule has 1 heterocycles. The molecule has 1 aromatic rings. The average molecular weight is 267 g/mol. The van der Waals surface area contributed by atoms with Crippen LogP contribution in [0.5, 0.6) is 0 Å². The second-order valence-corrected chi connectivity index (χ2v) is 5.07. The molecule has 1 aliphatic rings. The van der Waals surface area contributed by atoms with E-state index in [0.29, 0.717) is 13.1 Å². The second-order valence-electron chi connectivity index (χ2n) is 5.07. The van der Waals surface area contributed by atoms with Gasteiger partial charge in [-0.15, -0.1) is 0 Å². The van der Waals surface area contributed by atoms with Crippen molar-refractivity contribution < 1.29 is 9.31 Å². The lowest BCUT2D eigenvalue weighted by Gasteiger charge is -2.35. The lowest BCUT2D eigenvalue weighted by molar-refractivity contribution is -0.384. The zero-order valence-electron chi connectivity index (χ0n) is 10.9. The van der Waals surface area contributed by atoms with Gasteiger partial charge in [0.2, 0.25) is 0 Å². The van der Waals surface area contributed by atoms with Gasteiger partial charge in [-0.3, -0.25) is 10.1 Å². The molecule has 0 aliphatic carbocycles. The lowest BCUT2D eigenvalue weighted by atomic mass is 9.91.